The number of ether oxygens (including phenoxy) is 2. The molecule has 0 radical (unpaired) electrons. The molecule has 0 bridgehead atoms. The monoisotopic (exact) mass is 487 g/mol. The molecule has 1 aromatic carbocycles. The standard InChI is InChI=1S/C22H25ClF3N3O4/c1-13(2)29(14(3)4)20(30)17-11-16(32-10-9-28-15-5-7-27-8-6-15)12-18(23)19(17)33-21(31)22(24,25)26/h5-8,11-14H,9-10H2,1-4H3,(H,27,28). The Hall–Kier alpha value is -3.01. The number of carbonyl (C=O) groups is 2. The third-order valence-electron chi connectivity index (χ3n) is 4.40. The van der Waals surface area contributed by atoms with Gasteiger partial charge in [-0.15, -0.1) is 0 Å². The number of nitrogens with one attached hydrogen (secondary N) is 1. The molecule has 7 nitrogen and oxygen atoms in total. The molecule has 2 aromatic rings. The van der Waals surface area contributed by atoms with E-state index in [4.69, 9.17) is 16.3 Å². The summed E-state index contributed by atoms with van der Waals surface area (Å²) >= 11 is 6.13. The lowest BCUT2D eigenvalue weighted by Crippen LogP contribution is -2.42. The van der Waals surface area contributed by atoms with Gasteiger partial charge in [0.1, 0.15) is 12.4 Å². The van der Waals surface area contributed by atoms with Crippen LogP contribution in [0.3, 0.4) is 0 Å². The number of anilines is 1. The van der Waals surface area contributed by atoms with Gasteiger partial charge in [0, 0.05) is 42.8 Å². The van der Waals surface area contributed by atoms with Crippen LogP contribution in [0, 0.1) is 0 Å². The van der Waals surface area contributed by atoms with E-state index >= 15 is 0 Å². The van der Waals surface area contributed by atoms with E-state index < -0.39 is 23.8 Å². The normalized spacial score (nSPS) is 11.5. The number of esters is 1. The van der Waals surface area contributed by atoms with Gasteiger partial charge in [-0.1, -0.05) is 11.6 Å². The smallest absolute Gasteiger partial charge is 0.491 e. The maximum Gasteiger partial charge on any atom is 0.491 e. The van der Waals surface area contributed by atoms with Crippen LogP contribution in [0.2, 0.25) is 5.02 Å². The van der Waals surface area contributed by atoms with Gasteiger partial charge in [-0.3, -0.25) is 9.78 Å². The van der Waals surface area contributed by atoms with Crippen molar-refractivity contribution in [2.45, 2.75) is 46.0 Å². The van der Waals surface area contributed by atoms with Crippen molar-refractivity contribution < 1.29 is 32.2 Å². The lowest BCUT2D eigenvalue weighted by Gasteiger charge is -2.31. The quantitative estimate of drug-likeness (QED) is 0.306. The highest BCUT2D eigenvalue weighted by Gasteiger charge is 2.42. The second-order valence-electron chi connectivity index (χ2n) is 7.58. The van der Waals surface area contributed by atoms with Gasteiger partial charge in [0.2, 0.25) is 0 Å². The van der Waals surface area contributed by atoms with Crippen molar-refractivity contribution in [2.24, 2.45) is 0 Å². The minimum absolute atomic E-state index is 0.138. The van der Waals surface area contributed by atoms with Gasteiger partial charge in [0.25, 0.3) is 5.91 Å². The van der Waals surface area contributed by atoms with E-state index in [1.165, 1.54) is 17.0 Å². The molecule has 1 heterocycles. The summed E-state index contributed by atoms with van der Waals surface area (Å²) in [6, 6.07) is 5.39. The molecular weight excluding hydrogens is 463 g/mol. The molecule has 11 heteroatoms. The zero-order chi connectivity index (χ0) is 24.8. The molecule has 0 aliphatic carbocycles. The molecule has 0 fully saturated rings. The molecule has 33 heavy (non-hydrogen) atoms. The van der Waals surface area contributed by atoms with Gasteiger partial charge >= 0.3 is 12.1 Å². The van der Waals surface area contributed by atoms with E-state index in [-0.39, 0.29) is 35.0 Å². The zero-order valence-electron chi connectivity index (χ0n) is 18.6. The Morgan fingerprint density at radius 1 is 1.12 bits per heavy atom. The molecule has 0 saturated carbocycles. The Labute approximate surface area is 194 Å². The predicted octanol–water partition coefficient (Wildman–Crippen LogP) is 4.95. The summed E-state index contributed by atoms with van der Waals surface area (Å²) in [4.78, 5) is 30.0. The number of amides is 1. The van der Waals surface area contributed by atoms with Gasteiger partial charge in [-0.05, 0) is 45.9 Å². The molecule has 180 valence electrons. The minimum atomic E-state index is -5.26. The number of alkyl halides is 3. The van der Waals surface area contributed by atoms with E-state index in [0.717, 1.165) is 5.69 Å². The molecule has 0 spiro atoms. The average Bonchev–Trinajstić information content (AvgIpc) is 2.72. The Kier molecular flexibility index (Phi) is 8.92. The van der Waals surface area contributed by atoms with Crippen molar-refractivity contribution in [2.75, 3.05) is 18.5 Å². The van der Waals surface area contributed by atoms with Crippen LogP contribution in [-0.2, 0) is 4.79 Å². The molecule has 0 saturated heterocycles. The number of halogens is 4. The first-order chi connectivity index (χ1) is 15.4. The largest absolute Gasteiger partial charge is 0.492 e. The first-order valence-electron chi connectivity index (χ1n) is 10.1. The SMILES string of the molecule is CC(C)N(C(=O)c1cc(OCCNc2ccncc2)cc(Cl)c1OC(=O)C(F)(F)F)C(C)C. The maximum atomic E-state index is 13.2. The fourth-order valence-electron chi connectivity index (χ4n) is 3.10. The van der Waals surface area contributed by atoms with Crippen molar-refractivity contribution in [3.8, 4) is 11.5 Å². The van der Waals surface area contributed by atoms with E-state index in [9.17, 15) is 22.8 Å². The van der Waals surface area contributed by atoms with E-state index in [1.54, 1.807) is 52.2 Å². The van der Waals surface area contributed by atoms with Crippen LogP contribution in [0.15, 0.2) is 36.7 Å². The van der Waals surface area contributed by atoms with Crippen molar-refractivity contribution >= 4 is 29.2 Å². The lowest BCUT2D eigenvalue weighted by atomic mass is 10.1. The summed E-state index contributed by atoms with van der Waals surface area (Å²) < 4.78 is 48.5. The summed E-state index contributed by atoms with van der Waals surface area (Å²) in [7, 11) is 0. The van der Waals surface area contributed by atoms with Crippen LogP contribution < -0.4 is 14.8 Å². The second-order valence-corrected chi connectivity index (χ2v) is 7.99. The Morgan fingerprint density at radius 2 is 1.73 bits per heavy atom. The molecular formula is C22H25ClF3N3O4. The van der Waals surface area contributed by atoms with Crippen LogP contribution in [-0.4, -0.2) is 53.2 Å². The van der Waals surface area contributed by atoms with Crippen molar-refractivity contribution in [3.63, 3.8) is 0 Å². The van der Waals surface area contributed by atoms with Gasteiger partial charge in [-0.25, -0.2) is 4.79 Å². The first kappa shape index (κ1) is 26.2. The van der Waals surface area contributed by atoms with Gasteiger partial charge in [0.15, 0.2) is 5.75 Å². The minimum Gasteiger partial charge on any atom is -0.492 e. The second kappa shape index (κ2) is 11.2. The summed E-state index contributed by atoms with van der Waals surface area (Å²) in [6.45, 7) is 7.57. The molecule has 1 N–H and O–H groups in total. The van der Waals surface area contributed by atoms with E-state index in [0.29, 0.717) is 6.54 Å². The molecule has 1 aromatic heterocycles. The fraction of sp³-hybridized carbons (Fsp3) is 0.409. The summed E-state index contributed by atoms with van der Waals surface area (Å²) in [6.07, 6.45) is -2.01. The van der Waals surface area contributed by atoms with Crippen LogP contribution >= 0.6 is 11.6 Å². The number of benzene rings is 1. The number of nitrogens with zero attached hydrogens (tertiary/aromatic N) is 2. The number of rotatable bonds is 9. The highest BCUT2D eigenvalue weighted by Crippen LogP contribution is 2.36. The van der Waals surface area contributed by atoms with Crippen LogP contribution in [0.5, 0.6) is 11.5 Å². The van der Waals surface area contributed by atoms with E-state index in [1.807, 2.05) is 0 Å². The Bertz CT molecular complexity index is 961. The molecule has 0 atom stereocenters. The van der Waals surface area contributed by atoms with Gasteiger partial charge in [0.05, 0.1) is 10.6 Å². The van der Waals surface area contributed by atoms with E-state index in [2.05, 4.69) is 15.0 Å². The molecule has 1 amide bonds. The van der Waals surface area contributed by atoms with Crippen molar-refractivity contribution in [1.29, 1.82) is 0 Å². The van der Waals surface area contributed by atoms with Crippen LogP contribution in [0.25, 0.3) is 0 Å². The number of hydrogen-bond acceptors (Lipinski definition) is 6. The highest BCUT2D eigenvalue weighted by atomic mass is 35.5. The van der Waals surface area contributed by atoms with Crippen LogP contribution in [0.1, 0.15) is 38.1 Å². The Balaban J connectivity index is 2.32. The number of hydrogen-bond donors (Lipinski definition) is 1. The number of carbonyl (C=O) groups excluding carboxylic acids is 2. The fourth-order valence-corrected chi connectivity index (χ4v) is 3.35. The molecule has 0 aliphatic rings. The molecule has 2 rings (SSSR count). The van der Waals surface area contributed by atoms with Gasteiger partial charge < -0.3 is 19.7 Å². The lowest BCUT2D eigenvalue weighted by molar-refractivity contribution is -0.189. The maximum absolute atomic E-state index is 13.2. The third kappa shape index (κ3) is 7.24. The molecule has 0 aliphatic heterocycles. The Morgan fingerprint density at radius 3 is 2.27 bits per heavy atom. The number of aromatic nitrogens is 1. The number of pyridine rings is 1. The average molecular weight is 488 g/mol. The molecule has 0 unspecified atom stereocenters. The highest BCUT2D eigenvalue weighted by molar-refractivity contribution is 6.33. The topological polar surface area (TPSA) is 80.8 Å². The van der Waals surface area contributed by atoms with Crippen molar-refractivity contribution in [3.05, 3.63) is 47.2 Å². The summed E-state index contributed by atoms with van der Waals surface area (Å²) in [5.41, 5.74) is 0.515. The summed E-state index contributed by atoms with van der Waals surface area (Å²) in [5, 5.41) is 2.74. The van der Waals surface area contributed by atoms with Crippen molar-refractivity contribution in [1.82, 2.24) is 9.88 Å². The zero-order valence-corrected chi connectivity index (χ0v) is 19.3. The first-order valence-corrected chi connectivity index (χ1v) is 10.5. The van der Waals surface area contributed by atoms with Gasteiger partial charge in [-0.2, -0.15) is 13.2 Å². The predicted molar refractivity (Wildman–Crippen MR) is 118 cm³/mol. The third-order valence-corrected chi connectivity index (χ3v) is 4.68. The summed E-state index contributed by atoms with van der Waals surface area (Å²) in [5.74, 6) is -3.65. The van der Waals surface area contributed by atoms with Crippen LogP contribution in [0.4, 0.5) is 18.9 Å².